The van der Waals surface area contributed by atoms with Crippen LogP contribution in [0.15, 0.2) is 12.4 Å². The Labute approximate surface area is 124 Å². The van der Waals surface area contributed by atoms with Crippen LogP contribution in [0.2, 0.25) is 0 Å². The van der Waals surface area contributed by atoms with E-state index in [0.29, 0.717) is 24.9 Å². The highest BCUT2D eigenvalue weighted by molar-refractivity contribution is 5.77. The van der Waals surface area contributed by atoms with Crippen molar-refractivity contribution in [1.82, 2.24) is 14.9 Å². The zero-order valence-electron chi connectivity index (χ0n) is 12.4. The molecule has 0 bridgehead atoms. The summed E-state index contributed by atoms with van der Waals surface area (Å²) in [7, 11) is 1.52. The highest BCUT2D eigenvalue weighted by Gasteiger charge is 2.26. The lowest BCUT2D eigenvalue weighted by molar-refractivity contribution is -0.138. The van der Waals surface area contributed by atoms with Gasteiger partial charge in [-0.05, 0) is 19.8 Å². The molecule has 1 aromatic heterocycles. The molecular formula is C14H21N3O4. The first-order chi connectivity index (χ1) is 10.2. The van der Waals surface area contributed by atoms with E-state index >= 15 is 0 Å². The van der Waals surface area contributed by atoms with Crippen LogP contribution in [0.25, 0.3) is 0 Å². The monoisotopic (exact) mass is 295 g/mol. The fourth-order valence-corrected chi connectivity index (χ4v) is 2.23. The van der Waals surface area contributed by atoms with Crippen molar-refractivity contribution in [2.24, 2.45) is 0 Å². The highest BCUT2D eigenvalue weighted by atomic mass is 16.5. The minimum Gasteiger partial charge on any atom is -0.477 e. The highest BCUT2D eigenvalue weighted by Crippen LogP contribution is 2.23. The van der Waals surface area contributed by atoms with Crippen LogP contribution < -0.4 is 9.47 Å². The molecule has 0 saturated carbocycles. The minimum absolute atomic E-state index is 0.00346. The molecule has 1 fully saturated rings. The summed E-state index contributed by atoms with van der Waals surface area (Å²) in [6.07, 6.45) is 4.77. The number of hydrogen-bond acceptors (Lipinski definition) is 6. The van der Waals surface area contributed by atoms with E-state index in [2.05, 4.69) is 9.97 Å². The second-order valence-electron chi connectivity index (χ2n) is 4.73. The van der Waals surface area contributed by atoms with Gasteiger partial charge in [-0.2, -0.15) is 0 Å². The van der Waals surface area contributed by atoms with Crippen LogP contribution in [0, 0.1) is 0 Å². The molecule has 0 spiro atoms. The molecule has 1 aliphatic heterocycles. The van der Waals surface area contributed by atoms with Crippen LogP contribution in [0.1, 0.15) is 19.8 Å². The van der Waals surface area contributed by atoms with Crippen LogP contribution in [0.3, 0.4) is 0 Å². The van der Waals surface area contributed by atoms with Gasteiger partial charge in [0.15, 0.2) is 0 Å². The molecule has 7 nitrogen and oxygen atoms in total. The smallest absolute Gasteiger partial charge is 0.278 e. The van der Waals surface area contributed by atoms with Gasteiger partial charge in [-0.1, -0.05) is 0 Å². The Morgan fingerprint density at radius 3 is 2.86 bits per heavy atom. The number of nitrogens with zero attached hydrogens (tertiary/aromatic N) is 3. The molecule has 2 rings (SSSR count). The van der Waals surface area contributed by atoms with E-state index in [1.54, 1.807) is 17.3 Å². The van der Waals surface area contributed by atoms with Crippen molar-refractivity contribution < 1.29 is 19.0 Å². The Kier molecular flexibility index (Phi) is 5.74. The molecule has 1 atom stereocenters. The SMILES string of the molecule is CCOCC(=O)N1CCCC(Oc2nccnc2OC)C1. The minimum atomic E-state index is -0.102. The van der Waals surface area contributed by atoms with E-state index < -0.39 is 0 Å². The van der Waals surface area contributed by atoms with Gasteiger partial charge in [0.2, 0.25) is 5.91 Å². The van der Waals surface area contributed by atoms with E-state index in [0.717, 1.165) is 19.4 Å². The second kappa shape index (κ2) is 7.78. The Morgan fingerprint density at radius 2 is 2.14 bits per heavy atom. The third-order valence-electron chi connectivity index (χ3n) is 3.27. The largest absolute Gasteiger partial charge is 0.477 e. The molecule has 1 amide bonds. The molecule has 1 aromatic rings. The molecule has 7 heteroatoms. The lowest BCUT2D eigenvalue weighted by Gasteiger charge is -2.32. The number of hydrogen-bond donors (Lipinski definition) is 0. The van der Waals surface area contributed by atoms with Gasteiger partial charge in [-0.15, -0.1) is 0 Å². The molecule has 2 heterocycles. The fourth-order valence-electron chi connectivity index (χ4n) is 2.23. The molecule has 0 aliphatic carbocycles. The van der Waals surface area contributed by atoms with Gasteiger partial charge in [0.1, 0.15) is 12.7 Å². The number of rotatable bonds is 6. The molecule has 116 valence electrons. The van der Waals surface area contributed by atoms with Gasteiger partial charge in [0.05, 0.1) is 13.7 Å². The average Bonchev–Trinajstić information content (AvgIpc) is 2.53. The third kappa shape index (κ3) is 4.29. The van der Waals surface area contributed by atoms with E-state index in [-0.39, 0.29) is 18.6 Å². The Hall–Kier alpha value is -1.89. The maximum absolute atomic E-state index is 12.0. The van der Waals surface area contributed by atoms with Crippen LogP contribution in [0.4, 0.5) is 0 Å². The summed E-state index contributed by atoms with van der Waals surface area (Å²) in [5.41, 5.74) is 0. The quantitative estimate of drug-likeness (QED) is 0.776. The van der Waals surface area contributed by atoms with Crippen molar-refractivity contribution >= 4 is 5.91 Å². The number of carbonyl (C=O) groups is 1. The number of carbonyl (C=O) groups excluding carboxylic acids is 1. The molecular weight excluding hydrogens is 274 g/mol. The number of amides is 1. The molecule has 1 aliphatic rings. The van der Waals surface area contributed by atoms with Gasteiger partial charge >= 0.3 is 0 Å². The maximum Gasteiger partial charge on any atom is 0.278 e. The summed E-state index contributed by atoms with van der Waals surface area (Å²) >= 11 is 0. The Bertz CT molecular complexity index is 469. The first-order valence-electron chi connectivity index (χ1n) is 7.11. The predicted molar refractivity (Wildman–Crippen MR) is 75.3 cm³/mol. The van der Waals surface area contributed by atoms with E-state index in [4.69, 9.17) is 14.2 Å². The third-order valence-corrected chi connectivity index (χ3v) is 3.27. The lowest BCUT2D eigenvalue weighted by Crippen LogP contribution is -2.45. The van der Waals surface area contributed by atoms with Crippen LogP contribution in [0.5, 0.6) is 11.8 Å². The molecule has 0 radical (unpaired) electrons. The number of piperidine rings is 1. The van der Waals surface area contributed by atoms with E-state index in [1.807, 2.05) is 6.92 Å². The van der Waals surface area contributed by atoms with Crippen molar-refractivity contribution in [3.05, 3.63) is 12.4 Å². The number of methoxy groups -OCH3 is 1. The molecule has 0 N–H and O–H groups in total. The summed E-state index contributed by atoms with van der Waals surface area (Å²) in [4.78, 5) is 21.9. The standard InChI is InChI=1S/C14H21N3O4/c1-3-20-10-12(18)17-8-4-5-11(9-17)21-14-13(19-2)15-6-7-16-14/h6-7,11H,3-5,8-10H2,1-2H3. The first-order valence-corrected chi connectivity index (χ1v) is 7.11. The number of likely N-dealkylation sites (tertiary alicyclic amines) is 1. The average molecular weight is 295 g/mol. The van der Waals surface area contributed by atoms with Crippen molar-refractivity contribution in [3.8, 4) is 11.8 Å². The van der Waals surface area contributed by atoms with E-state index in [9.17, 15) is 4.79 Å². The van der Waals surface area contributed by atoms with Crippen LogP contribution >= 0.6 is 0 Å². The summed E-state index contributed by atoms with van der Waals surface area (Å²) in [5, 5.41) is 0. The summed E-state index contributed by atoms with van der Waals surface area (Å²) in [5.74, 6) is 0.718. The molecule has 0 aromatic carbocycles. The maximum atomic E-state index is 12.0. The Balaban J connectivity index is 1.93. The van der Waals surface area contributed by atoms with E-state index in [1.165, 1.54) is 7.11 Å². The molecule has 1 unspecified atom stereocenters. The van der Waals surface area contributed by atoms with Crippen molar-refractivity contribution in [2.45, 2.75) is 25.9 Å². The van der Waals surface area contributed by atoms with Crippen molar-refractivity contribution in [2.75, 3.05) is 33.4 Å². The van der Waals surface area contributed by atoms with Crippen molar-refractivity contribution in [3.63, 3.8) is 0 Å². The number of aromatic nitrogens is 2. The van der Waals surface area contributed by atoms with Crippen molar-refractivity contribution in [1.29, 1.82) is 0 Å². The summed E-state index contributed by atoms with van der Waals surface area (Å²) < 4.78 is 16.1. The predicted octanol–water partition coefficient (Wildman–Crippen LogP) is 0.891. The van der Waals surface area contributed by atoms with Gasteiger partial charge in [0, 0.05) is 25.5 Å². The first kappa shape index (κ1) is 15.5. The topological polar surface area (TPSA) is 73.8 Å². The van der Waals surface area contributed by atoms with Gasteiger partial charge in [-0.3, -0.25) is 4.79 Å². The lowest BCUT2D eigenvalue weighted by atomic mass is 10.1. The van der Waals surface area contributed by atoms with Crippen LogP contribution in [-0.2, 0) is 9.53 Å². The normalized spacial score (nSPS) is 18.4. The summed E-state index contributed by atoms with van der Waals surface area (Å²) in [6, 6.07) is 0. The molecule has 1 saturated heterocycles. The molecule has 21 heavy (non-hydrogen) atoms. The number of ether oxygens (including phenoxy) is 3. The fraction of sp³-hybridized carbons (Fsp3) is 0.643. The zero-order valence-corrected chi connectivity index (χ0v) is 12.4. The van der Waals surface area contributed by atoms with Gasteiger partial charge < -0.3 is 19.1 Å². The Morgan fingerprint density at radius 1 is 1.38 bits per heavy atom. The summed E-state index contributed by atoms with van der Waals surface area (Å²) in [6.45, 7) is 3.80. The second-order valence-corrected chi connectivity index (χ2v) is 4.73. The van der Waals surface area contributed by atoms with Crippen LogP contribution in [-0.4, -0.2) is 60.3 Å². The van der Waals surface area contributed by atoms with Gasteiger partial charge in [0.25, 0.3) is 11.8 Å². The van der Waals surface area contributed by atoms with Gasteiger partial charge in [-0.25, -0.2) is 9.97 Å². The zero-order chi connectivity index (χ0) is 15.1.